The number of aromatic nitrogens is 1. The number of benzene rings is 2. The fraction of sp³-hybridized carbons (Fsp3) is 0.0556. The maximum Gasteiger partial charge on any atom is 0.116 e. The predicted molar refractivity (Wildman–Crippen MR) is 97.7 cm³/mol. The van der Waals surface area contributed by atoms with Crippen LogP contribution in [0.25, 0.3) is 23.4 Å². The number of hydrogen-bond acceptors (Lipinski definition) is 2. The summed E-state index contributed by atoms with van der Waals surface area (Å²) in [5.41, 5.74) is 4.25. The Morgan fingerprint density at radius 1 is 1.00 bits per heavy atom. The van der Waals surface area contributed by atoms with Crippen molar-refractivity contribution in [3.8, 4) is 11.3 Å². The van der Waals surface area contributed by atoms with Gasteiger partial charge >= 0.3 is 0 Å². The molecule has 0 aliphatic heterocycles. The van der Waals surface area contributed by atoms with Crippen LogP contribution >= 0.6 is 34.5 Å². The number of thiazole rings is 1. The van der Waals surface area contributed by atoms with Crippen LogP contribution in [0.2, 0.25) is 10.0 Å². The van der Waals surface area contributed by atoms with Gasteiger partial charge in [-0.15, -0.1) is 11.3 Å². The predicted octanol–water partition coefficient (Wildman–Crippen LogP) is 6.60. The van der Waals surface area contributed by atoms with Gasteiger partial charge in [0.1, 0.15) is 5.01 Å². The Morgan fingerprint density at radius 3 is 2.55 bits per heavy atom. The lowest BCUT2D eigenvalue weighted by Gasteiger charge is -1.99. The number of aryl methyl sites for hydroxylation is 1. The molecule has 0 aliphatic rings. The van der Waals surface area contributed by atoms with Gasteiger partial charge in [0.05, 0.1) is 15.7 Å². The summed E-state index contributed by atoms with van der Waals surface area (Å²) in [4.78, 5) is 4.63. The van der Waals surface area contributed by atoms with E-state index >= 15 is 0 Å². The molecule has 2 aromatic carbocycles. The third-order valence-corrected chi connectivity index (χ3v) is 4.90. The third-order valence-electron chi connectivity index (χ3n) is 3.26. The standard InChI is InChI=1S/C18H13Cl2NS/c1-12-5-7-13(8-6-12)16-11-22-17(21-16)10-9-14-3-2-4-15(19)18(14)20/h2-11H,1H3. The molecule has 0 saturated heterocycles. The van der Waals surface area contributed by atoms with E-state index in [1.807, 2.05) is 24.3 Å². The highest BCUT2D eigenvalue weighted by molar-refractivity contribution is 7.10. The van der Waals surface area contributed by atoms with Crippen molar-refractivity contribution < 1.29 is 0 Å². The quantitative estimate of drug-likeness (QED) is 0.521. The van der Waals surface area contributed by atoms with Crippen LogP contribution in [0, 0.1) is 6.92 Å². The van der Waals surface area contributed by atoms with E-state index in [9.17, 15) is 0 Å². The normalized spacial score (nSPS) is 11.2. The minimum Gasteiger partial charge on any atom is -0.237 e. The van der Waals surface area contributed by atoms with Gasteiger partial charge in [-0.2, -0.15) is 0 Å². The van der Waals surface area contributed by atoms with Gasteiger partial charge in [0.15, 0.2) is 0 Å². The summed E-state index contributed by atoms with van der Waals surface area (Å²) >= 11 is 13.8. The van der Waals surface area contributed by atoms with E-state index in [0.29, 0.717) is 10.0 Å². The summed E-state index contributed by atoms with van der Waals surface area (Å²) in [5, 5.41) is 4.12. The van der Waals surface area contributed by atoms with E-state index in [2.05, 4.69) is 41.6 Å². The Labute approximate surface area is 143 Å². The van der Waals surface area contributed by atoms with Gasteiger partial charge in [0.25, 0.3) is 0 Å². The molecule has 0 spiro atoms. The summed E-state index contributed by atoms with van der Waals surface area (Å²) in [6.45, 7) is 2.08. The average Bonchev–Trinajstić information content (AvgIpc) is 2.98. The topological polar surface area (TPSA) is 12.9 Å². The second-order valence-corrected chi connectivity index (χ2v) is 6.59. The van der Waals surface area contributed by atoms with Gasteiger partial charge < -0.3 is 0 Å². The van der Waals surface area contributed by atoms with E-state index in [0.717, 1.165) is 21.8 Å². The van der Waals surface area contributed by atoms with Crippen LogP contribution < -0.4 is 0 Å². The van der Waals surface area contributed by atoms with E-state index in [-0.39, 0.29) is 0 Å². The molecule has 1 heterocycles. The minimum atomic E-state index is 0.559. The van der Waals surface area contributed by atoms with Crippen LogP contribution in [0.5, 0.6) is 0 Å². The third kappa shape index (κ3) is 3.41. The molecule has 1 nitrogen and oxygen atoms in total. The summed E-state index contributed by atoms with van der Waals surface area (Å²) in [6, 6.07) is 14.0. The number of hydrogen-bond donors (Lipinski definition) is 0. The Hall–Kier alpha value is -1.61. The average molecular weight is 346 g/mol. The lowest BCUT2D eigenvalue weighted by molar-refractivity contribution is 1.37. The summed E-state index contributed by atoms with van der Waals surface area (Å²) in [6.07, 6.45) is 3.89. The molecule has 0 N–H and O–H groups in total. The molecule has 0 fully saturated rings. The maximum absolute atomic E-state index is 6.18. The lowest BCUT2D eigenvalue weighted by atomic mass is 10.1. The first kappa shape index (κ1) is 15.3. The highest BCUT2D eigenvalue weighted by Crippen LogP contribution is 2.28. The molecule has 3 rings (SSSR count). The highest BCUT2D eigenvalue weighted by Gasteiger charge is 2.04. The van der Waals surface area contributed by atoms with E-state index in [4.69, 9.17) is 23.2 Å². The van der Waals surface area contributed by atoms with Gasteiger partial charge in [0, 0.05) is 10.9 Å². The molecule has 0 unspecified atom stereocenters. The number of rotatable bonds is 3. The second-order valence-electron chi connectivity index (χ2n) is 4.91. The molecule has 3 aromatic rings. The highest BCUT2D eigenvalue weighted by atomic mass is 35.5. The molecule has 0 saturated carbocycles. The van der Waals surface area contributed by atoms with Gasteiger partial charge in [-0.3, -0.25) is 0 Å². The van der Waals surface area contributed by atoms with Crippen molar-refractivity contribution >= 4 is 46.7 Å². The minimum absolute atomic E-state index is 0.559. The Bertz CT molecular complexity index is 819. The fourth-order valence-electron chi connectivity index (χ4n) is 2.03. The molecule has 0 atom stereocenters. The molecule has 22 heavy (non-hydrogen) atoms. The summed E-state index contributed by atoms with van der Waals surface area (Å²) in [7, 11) is 0. The van der Waals surface area contributed by atoms with Crippen LogP contribution in [0.4, 0.5) is 0 Å². The van der Waals surface area contributed by atoms with Crippen molar-refractivity contribution in [2.24, 2.45) is 0 Å². The molecular formula is C18H13Cl2NS. The number of halogens is 2. The Kier molecular flexibility index (Phi) is 4.63. The van der Waals surface area contributed by atoms with Crippen molar-refractivity contribution in [1.29, 1.82) is 0 Å². The van der Waals surface area contributed by atoms with Crippen molar-refractivity contribution in [3.63, 3.8) is 0 Å². The second kappa shape index (κ2) is 6.66. The maximum atomic E-state index is 6.18. The summed E-state index contributed by atoms with van der Waals surface area (Å²) < 4.78 is 0. The van der Waals surface area contributed by atoms with Crippen LogP contribution in [-0.4, -0.2) is 4.98 Å². The largest absolute Gasteiger partial charge is 0.237 e. The van der Waals surface area contributed by atoms with E-state index in [1.54, 1.807) is 17.4 Å². The lowest BCUT2D eigenvalue weighted by Crippen LogP contribution is -1.79. The van der Waals surface area contributed by atoms with Crippen LogP contribution in [-0.2, 0) is 0 Å². The first-order chi connectivity index (χ1) is 10.6. The Morgan fingerprint density at radius 2 is 1.77 bits per heavy atom. The van der Waals surface area contributed by atoms with Gasteiger partial charge in [-0.1, -0.05) is 71.2 Å². The first-order valence-corrected chi connectivity index (χ1v) is 8.42. The van der Waals surface area contributed by atoms with Crippen molar-refractivity contribution in [1.82, 2.24) is 4.98 Å². The fourth-order valence-corrected chi connectivity index (χ4v) is 3.12. The molecule has 110 valence electrons. The molecule has 1 aromatic heterocycles. The zero-order valence-corrected chi connectivity index (χ0v) is 14.2. The molecule has 0 aliphatic carbocycles. The van der Waals surface area contributed by atoms with Crippen molar-refractivity contribution in [3.05, 3.63) is 74.0 Å². The molecule has 0 bridgehead atoms. The first-order valence-electron chi connectivity index (χ1n) is 6.78. The number of nitrogens with zero attached hydrogens (tertiary/aromatic N) is 1. The molecule has 4 heteroatoms. The van der Waals surface area contributed by atoms with E-state index in [1.165, 1.54) is 5.56 Å². The molecule has 0 radical (unpaired) electrons. The van der Waals surface area contributed by atoms with E-state index < -0.39 is 0 Å². The SMILES string of the molecule is Cc1ccc(-c2csc(C=Cc3cccc(Cl)c3Cl)n2)cc1. The van der Waals surface area contributed by atoms with Gasteiger partial charge in [0.2, 0.25) is 0 Å². The Balaban J connectivity index is 1.83. The van der Waals surface area contributed by atoms with Crippen molar-refractivity contribution in [2.45, 2.75) is 6.92 Å². The zero-order chi connectivity index (χ0) is 15.5. The van der Waals surface area contributed by atoms with Gasteiger partial charge in [-0.25, -0.2) is 4.98 Å². The smallest absolute Gasteiger partial charge is 0.116 e. The van der Waals surface area contributed by atoms with Crippen LogP contribution in [0.15, 0.2) is 47.8 Å². The molecular weight excluding hydrogens is 333 g/mol. The summed E-state index contributed by atoms with van der Waals surface area (Å²) in [5.74, 6) is 0. The van der Waals surface area contributed by atoms with Crippen molar-refractivity contribution in [2.75, 3.05) is 0 Å². The molecule has 0 amide bonds. The zero-order valence-electron chi connectivity index (χ0n) is 11.9. The monoisotopic (exact) mass is 345 g/mol. The van der Waals surface area contributed by atoms with Crippen LogP contribution in [0.1, 0.15) is 16.1 Å². The van der Waals surface area contributed by atoms with Crippen LogP contribution in [0.3, 0.4) is 0 Å². The van der Waals surface area contributed by atoms with Gasteiger partial charge in [-0.05, 0) is 24.6 Å².